The quantitative estimate of drug-likeness (QED) is 0.589. The van der Waals surface area contributed by atoms with Crippen LogP contribution in [-0.4, -0.2) is 17.0 Å². The molecule has 6 rings (SSSR count). The molecule has 2 fully saturated rings. The number of allylic oxidation sites excluding steroid dienone is 4. The predicted octanol–water partition coefficient (Wildman–Crippen LogP) is 6.61. The Morgan fingerprint density at radius 2 is 1.62 bits per heavy atom. The van der Waals surface area contributed by atoms with Crippen molar-refractivity contribution in [2.24, 2.45) is 17.3 Å². The molecule has 2 nitrogen and oxygen atoms in total. The fourth-order valence-corrected chi connectivity index (χ4v) is 7.47. The number of carbonyl (C=O) groups excluding carboxylic acids is 1. The Kier molecular flexibility index (Phi) is 4.76. The van der Waals surface area contributed by atoms with Gasteiger partial charge in [-0.25, -0.2) is 0 Å². The molecule has 2 saturated carbocycles. The molecule has 0 heterocycles. The highest BCUT2D eigenvalue weighted by Gasteiger charge is 2.56. The number of aliphatic hydroxyl groups is 1. The van der Waals surface area contributed by atoms with Gasteiger partial charge in [-0.1, -0.05) is 67.1 Å². The van der Waals surface area contributed by atoms with Gasteiger partial charge in [-0.05, 0) is 89.7 Å². The molecular weight excluding hydrogens is 392 g/mol. The predicted molar refractivity (Wildman–Crippen MR) is 128 cm³/mol. The first-order valence-corrected chi connectivity index (χ1v) is 12.3. The first-order chi connectivity index (χ1) is 15.5. The Morgan fingerprint density at radius 1 is 0.875 bits per heavy atom. The van der Waals surface area contributed by atoms with Crippen molar-refractivity contribution < 1.29 is 9.90 Å². The first kappa shape index (κ1) is 20.2. The van der Waals surface area contributed by atoms with Gasteiger partial charge in [0.1, 0.15) is 0 Å². The van der Waals surface area contributed by atoms with Crippen LogP contribution in [0.1, 0.15) is 63.4 Å². The molecule has 164 valence electrons. The molecule has 1 N–H and O–H groups in total. The van der Waals surface area contributed by atoms with E-state index in [4.69, 9.17) is 0 Å². The average Bonchev–Trinajstić information content (AvgIpc) is 3.13. The van der Waals surface area contributed by atoms with E-state index in [1.807, 2.05) is 6.08 Å². The first-order valence-electron chi connectivity index (χ1n) is 12.3. The molecule has 0 aromatic heterocycles. The van der Waals surface area contributed by atoms with E-state index >= 15 is 0 Å². The lowest BCUT2D eigenvalue weighted by Crippen LogP contribution is -2.45. The number of hydrogen-bond acceptors (Lipinski definition) is 2. The molecule has 0 aliphatic heterocycles. The lowest BCUT2D eigenvalue weighted by Gasteiger charge is -2.52. The molecule has 2 heteroatoms. The Hall–Kier alpha value is -2.45. The number of aliphatic hydroxyl groups excluding tert-OH is 1. The van der Waals surface area contributed by atoms with Crippen molar-refractivity contribution in [3.05, 3.63) is 83.0 Å². The Balaban J connectivity index is 1.46. The van der Waals surface area contributed by atoms with Crippen molar-refractivity contribution in [2.45, 2.75) is 63.9 Å². The third kappa shape index (κ3) is 3.07. The van der Waals surface area contributed by atoms with Gasteiger partial charge < -0.3 is 5.11 Å². The molecule has 0 bridgehead atoms. The summed E-state index contributed by atoms with van der Waals surface area (Å²) in [6.45, 7) is 2.35. The molecule has 0 saturated heterocycles. The van der Waals surface area contributed by atoms with E-state index in [0.29, 0.717) is 30.0 Å². The van der Waals surface area contributed by atoms with Crippen molar-refractivity contribution in [3.63, 3.8) is 0 Å². The number of benzene rings is 2. The standard InChI is InChI=1S/C30H32O2/c1-30-18-26(21-9-7-20(8-10-21)19-5-3-2-4-6-19)29-24-14-12-23(31)17-22(24)11-13-25(29)27(30)15-16-28(30)32/h2-10,17,25-28,32H,11-16,18H2,1H3. The maximum Gasteiger partial charge on any atom is 0.156 e. The molecule has 2 aromatic rings. The maximum absolute atomic E-state index is 12.1. The number of fused-ring (bicyclic) bond motifs is 4. The molecule has 32 heavy (non-hydrogen) atoms. The lowest BCUT2D eigenvalue weighted by atomic mass is 9.53. The summed E-state index contributed by atoms with van der Waals surface area (Å²) in [6, 6.07) is 19.7. The van der Waals surface area contributed by atoms with Crippen LogP contribution in [-0.2, 0) is 4.79 Å². The van der Waals surface area contributed by atoms with Crippen LogP contribution in [0.25, 0.3) is 11.1 Å². The molecule has 0 amide bonds. The molecule has 4 aliphatic rings. The Morgan fingerprint density at radius 3 is 2.41 bits per heavy atom. The van der Waals surface area contributed by atoms with E-state index in [1.165, 1.54) is 27.8 Å². The number of ketones is 1. The summed E-state index contributed by atoms with van der Waals surface area (Å²) in [6.07, 6.45) is 8.53. The molecule has 0 spiro atoms. The van der Waals surface area contributed by atoms with Crippen LogP contribution in [0.15, 0.2) is 77.4 Å². The van der Waals surface area contributed by atoms with E-state index in [1.54, 1.807) is 5.57 Å². The summed E-state index contributed by atoms with van der Waals surface area (Å²) >= 11 is 0. The summed E-state index contributed by atoms with van der Waals surface area (Å²) in [5.74, 6) is 1.75. The molecule has 4 aliphatic carbocycles. The second-order valence-corrected chi connectivity index (χ2v) is 10.7. The van der Waals surface area contributed by atoms with Gasteiger partial charge in [0.25, 0.3) is 0 Å². The van der Waals surface area contributed by atoms with Crippen molar-refractivity contribution in [1.82, 2.24) is 0 Å². The highest BCUT2D eigenvalue weighted by molar-refractivity contribution is 5.93. The highest BCUT2D eigenvalue weighted by Crippen LogP contribution is 2.63. The van der Waals surface area contributed by atoms with Gasteiger partial charge in [0.2, 0.25) is 0 Å². The van der Waals surface area contributed by atoms with Crippen molar-refractivity contribution in [2.75, 3.05) is 0 Å². The number of hydrogen-bond donors (Lipinski definition) is 1. The monoisotopic (exact) mass is 424 g/mol. The van der Waals surface area contributed by atoms with Crippen molar-refractivity contribution >= 4 is 5.78 Å². The summed E-state index contributed by atoms with van der Waals surface area (Å²) in [5.41, 5.74) is 8.25. The van der Waals surface area contributed by atoms with Gasteiger partial charge in [0, 0.05) is 12.3 Å². The highest BCUT2D eigenvalue weighted by atomic mass is 16.3. The second-order valence-electron chi connectivity index (χ2n) is 10.7. The second kappa shape index (κ2) is 7.56. The van der Waals surface area contributed by atoms with Gasteiger partial charge in [-0.3, -0.25) is 4.79 Å². The van der Waals surface area contributed by atoms with Crippen molar-refractivity contribution in [1.29, 1.82) is 0 Å². The third-order valence-corrected chi connectivity index (χ3v) is 9.10. The van der Waals surface area contributed by atoms with Crippen molar-refractivity contribution in [3.8, 4) is 11.1 Å². The Labute approximate surface area is 191 Å². The van der Waals surface area contributed by atoms with E-state index in [-0.39, 0.29) is 11.5 Å². The molecule has 0 radical (unpaired) electrons. The van der Waals surface area contributed by atoms with Crippen LogP contribution in [0.4, 0.5) is 0 Å². The van der Waals surface area contributed by atoms with Crippen LogP contribution in [0.2, 0.25) is 0 Å². The smallest absolute Gasteiger partial charge is 0.156 e. The van der Waals surface area contributed by atoms with Gasteiger partial charge in [-0.15, -0.1) is 0 Å². The van der Waals surface area contributed by atoms with Crippen LogP contribution in [0.3, 0.4) is 0 Å². The zero-order valence-electron chi connectivity index (χ0n) is 18.9. The van der Waals surface area contributed by atoms with E-state index < -0.39 is 0 Å². The molecule has 2 aromatic carbocycles. The fourth-order valence-electron chi connectivity index (χ4n) is 7.47. The van der Waals surface area contributed by atoms with Gasteiger partial charge >= 0.3 is 0 Å². The average molecular weight is 425 g/mol. The topological polar surface area (TPSA) is 37.3 Å². The van der Waals surface area contributed by atoms with Crippen LogP contribution < -0.4 is 0 Å². The molecule has 5 unspecified atom stereocenters. The zero-order chi connectivity index (χ0) is 21.9. The largest absolute Gasteiger partial charge is 0.393 e. The van der Waals surface area contributed by atoms with E-state index in [2.05, 4.69) is 61.5 Å². The molecule has 5 atom stereocenters. The van der Waals surface area contributed by atoms with Crippen LogP contribution >= 0.6 is 0 Å². The minimum atomic E-state index is -0.199. The van der Waals surface area contributed by atoms with E-state index in [0.717, 1.165) is 38.5 Å². The van der Waals surface area contributed by atoms with Gasteiger partial charge in [0.15, 0.2) is 5.78 Å². The van der Waals surface area contributed by atoms with Crippen LogP contribution in [0, 0.1) is 17.3 Å². The lowest BCUT2D eigenvalue weighted by molar-refractivity contribution is -0.114. The van der Waals surface area contributed by atoms with Crippen LogP contribution in [0.5, 0.6) is 0 Å². The third-order valence-electron chi connectivity index (χ3n) is 9.10. The van der Waals surface area contributed by atoms with Gasteiger partial charge in [-0.2, -0.15) is 0 Å². The van der Waals surface area contributed by atoms with E-state index in [9.17, 15) is 9.90 Å². The van der Waals surface area contributed by atoms with Gasteiger partial charge in [0.05, 0.1) is 6.10 Å². The fraction of sp³-hybridized carbons (Fsp3) is 0.433. The zero-order valence-corrected chi connectivity index (χ0v) is 18.9. The summed E-state index contributed by atoms with van der Waals surface area (Å²) < 4.78 is 0. The molecular formula is C30H32O2. The summed E-state index contributed by atoms with van der Waals surface area (Å²) in [5, 5.41) is 11.0. The Bertz CT molecular complexity index is 1110. The maximum atomic E-state index is 12.1. The SMILES string of the molecule is CC12CC(c3ccc(-c4ccccc4)cc3)C3=C4CCC(=O)C=C4CCC3C1CCC2O. The minimum absolute atomic E-state index is 0.0107. The minimum Gasteiger partial charge on any atom is -0.393 e. The normalized spacial score (nSPS) is 33.9. The summed E-state index contributed by atoms with van der Waals surface area (Å²) in [7, 11) is 0. The summed E-state index contributed by atoms with van der Waals surface area (Å²) in [4.78, 5) is 12.1. The number of rotatable bonds is 2. The number of carbonyl (C=O) groups is 1.